The molecule has 4 fully saturated rings. The van der Waals surface area contributed by atoms with Gasteiger partial charge in [0.15, 0.2) is 0 Å². The molecule has 0 saturated heterocycles. The molecule has 1 aromatic rings. The lowest BCUT2D eigenvalue weighted by molar-refractivity contribution is -0.197. The number of aryl methyl sites for hydroxylation is 1. The molecule has 2 unspecified atom stereocenters. The summed E-state index contributed by atoms with van der Waals surface area (Å²) < 4.78 is 5.69. The third-order valence-electron chi connectivity index (χ3n) is 6.08. The molecule has 0 heterocycles. The van der Waals surface area contributed by atoms with E-state index in [0.29, 0.717) is 24.9 Å². The number of esters is 1. The molecule has 3 nitrogen and oxygen atoms in total. The van der Waals surface area contributed by atoms with Gasteiger partial charge in [0.2, 0.25) is 0 Å². The van der Waals surface area contributed by atoms with Crippen LogP contribution in [0.1, 0.15) is 49.7 Å². The van der Waals surface area contributed by atoms with E-state index in [1.807, 2.05) is 31.2 Å². The van der Waals surface area contributed by atoms with E-state index in [4.69, 9.17) is 4.74 Å². The third kappa shape index (κ3) is 2.26. The molecule has 4 aliphatic rings. The van der Waals surface area contributed by atoms with Gasteiger partial charge < -0.3 is 9.84 Å². The molecule has 0 amide bonds. The molecule has 4 atom stereocenters. The molecule has 3 heteroatoms. The molecule has 1 N–H and O–H groups in total. The molecule has 0 aliphatic heterocycles. The number of carbonyl (C=O) groups is 1. The van der Waals surface area contributed by atoms with Gasteiger partial charge in [-0.3, -0.25) is 4.79 Å². The number of aliphatic hydroxyl groups is 1. The maximum atomic E-state index is 12.8. The third-order valence-corrected chi connectivity index (χ3v) is 6.08. The highest BCUT2D eigenvalue weighted by atomic mass is 16.5. The fraction of sp³-hybridized carbons (Fsp3) is 0.632. The SMILES string of the molecule is Cc1ccccc1COC(=O)C12C[C@@H]3C[C@@H](CC(O)(C3)C1)C2. The zero-order valence-electron chi connectivity index (χ0n) is 13.2. The average molecular weight is 300 g/mol. The summed E-state index contributed by atoms with van der Waals surface area (Å²) in [5.74, 6) is 0.942. The molecular formula is C19H24O3. The Balaban J connectivity index is 1.50. The zero-order valence-corrected chi connectivity index (χ0v) is 13.2. The van der Waals surface area contributed by atoms with Gasteiger partial charge in [0.05, 0.1) is 11.0 Å². The highest BCUT2D eigenvalue weighted by Crippen LogP contribution is 2.62. The number of rotatable bonds is 3. The molecule has 0 spiro atoms. The first-order valence-electron chi connectivity index (χ1n) is 8.42. The first kappa shape index (κ1) is 14.3. The molecule has 0 radical (unpaired) electrons. The molecule has 0 aromatic heterocycles. The number of benzene rings is 1. The van der Waals surface area contributed by atoms with Gasteiger partial charge in [-0.1, -0.05) is 24.3 Å². The molecule has 22 heavy (non-hydrogen) atoms. The van der Waals surface area contributed by atoms with Crippen molar-refractivity contribution < 1.29 is 14.6 Å². The minimum absolute atomic E-state index is 0.0803. The number of hydrogen-bond donors (Lipinski definition) is 1. The van der Waals surface area contributed by atoms with Gasteiger partial charge >= 0.3 is 5.97 Å². The average Bonchev–Trinajstić information content (AvgIpc) is 2.43. The van der Waals surface area contributed by atoms with Crippen LogP contribution in [0.25, 0.3) is 0 Å². The smallest absolute Gasteiger partial charge is 0.312 e. The molecule has 4 bridgehead atoms. The van der Waals surface area contributed by atoms with Crippen molar-refractivity contribution in [1.82, 2.24) is 0 Å². The molecule has 5 rings (SSSR count). The largest absolute Gasteiger partial charge is 0.460 e. The highest BCUT2D eigenvalue weighted by molar-refractivity contribution is 5.77. The van der Waals surface area contributed by atoms with Crippen molar-refractivity contribution in [3.63, 3.8) is 0 Å². The van der Waals surface area contributed by atoms with Crippen LogP contribution in [0, 0.1) is 24.2 Å². The van der Waals surface area contributed by atoms with Gasteiger partial charge in [-0.25, -0.2) is 0 Å². The molecule has 4 aliphatic carbocycles. The van der Waals surface area contributed by atoms with Gasteiger partial charge in [0.1, 0.15) is 6.61 Å². The van der Waals surface area contributed by atoms with E-state index in [1.54, 1.807) is 0 Å². The van der Waals surface area contributed by atoms with E-state index in [-0.39, 0.29) is 5.97 Å². The van der Waals surface area contributed by atoms with Crippen LogP contribution in [0.2, 0.25) is 0 Å². The van der Waals surface area contributed by atoms with Gasteiger partial charge in [-0.2, -0.15) is 0 Å². The standard InChI is InChI=1S/C19H24O3/c1-13-4-2-3-5-16(13)11-22-17(20)18-7-14-6-15(8-18)10-19(21,9-14)12-18/h2-5,14-15,21H,6-12H2,1H3/t14-,15+,18?,19?. The Morgan fingerprint density at radius 1 is 1.23 bits per heavy atom. The van der Waals surface area contributed by atoms with Crippen molar-refractivity contribution >= 4 is 5.97 Å². The van der Waals surface area contributed by atoms with E-state index in [1.165, 1.54) is 6.42 Å². The Labute approximate surface area is 131 Å². The van der Waals surface area contributed by atoms with E-state index in [2.05, 4.69) is 0 Å². The molecule has 4 saturated carbocycles. The zero-order chi connectivity index (χ0) is 15.4. The van der Waals surface area contributed by atoms with Crippen LogP contribution in [-0.4, -0.2) is 16.7 Å². The Kier molecular flexibility index (Phi) is 3.12. The van der Waals surface area contributed by atoms with Crippen molar-refractivity contribution in [3.8, 4) is 0 Å². The van der Waals surface area contributed by atoms with Crippen LogP contribution in [0.3, 0.4) is 0 Å². The van der Waals surface area contributed by atoms with Gasteiger partial charge in [0, 0.05) is 0 Å². The first-order valence-corrected chi connectivity index (χ1v) is 8.42. The maximum Gasteiger partial charge on any atom is 0.312 e. The molecule has 1 aromatic carbocycles. The van der Waals surface area contributed by atoms with Gasteiger partial charge in [-0.15, -0.1) is 0 Å². The normalized spacial score (nSPS) is 39.0. The van der Waals surface area contributed by atoms with Gasteiger partial charge in [-0.05, 0) is 68.4 Å². The predicted octanol–water partition coefficient (Wildman–Crippen LogP) is 3.37. The lowest BCUT2D eigenvalue weighted by atomic mass is 9.48. The van der Waals surface area contributed by atoms with Crippen molar-refractivity contribution in [2.75, 3.05) is 0 Å². The minimum atomic E-state index is -0.605. The Morgan fingerprint density at radius 2 is 1.91 bits per heavy atom. The van der Waals surface area contributed by atoms with Gasteiger partial charge in [0.25, 0.3) is 0 Å². The number of ether oxygens (including phenoxy) is 1. The fourth-order valence-electron chi connectivity index (χ4n) is 5.52. The lowest BCUT2D eigenvalue weighted by Gasteiger charge is -2.58. The van der Waals surface area contributed by atoms with Crippen LogP contribution in [0.4, 0.5) is 0 Å². The summed E-state index contributed by atoms with van der Waals surface area (Å²) in [7, 11) is 0. The molecular weight excluding hydrogens is 276 g/mol. The Hall–Kier alpha value is -1.35. The second-order valence-corrected chi connectivity index (χ2v) is 7.97. The van der Waals surface area contributed by atoms with E-state index < -0.39 is 11.0 Å². The summed E-state index contributed by atoms with van der Waals surface area (Å²) in [6.07, 6.45) is 5.40. The predicted molar refractivity (Wildman–Crippen MR) is 83.0 cm³/mol. The second-order valence-electron chi connectivity index (χ2n) is 7.97. The Bertz CT molecular complexity index is 592. The summed E-state index contributed by atoms with van der Waals surface area (Å²) in [5.41, 5.74) is 1.20. The van der Waals surface area contributed by atoms with Crippen LogP contribution in [0.15, 0.2) is 24.3 Å². The summed E-state index contributed by atoms with van der Waals surface area (Å²) >= 11 is 0. The summed E-state index contributed by atoms with van der Waals surface area (Å²) in [6.45, 7) is 2.39. The van der Waals surface area contributed by atoms with E-state index >= 15 is 0 Å². The van der Waals surface area contributed by atoms with Crippen molar-refractivity contribution in [3.05, 3.63) is 35.4 Å². The maximum absolute atomic E-state index is 12.8. The van der Waals surface area contributed by atoms with Crippen molar-refractivity contribution in [2.45, 2.75) is 57.7 Å². The first-order chi connectivity index (χ1) is 10.5. The Morgan fingerprint density at radius 3 is 2.55 bits per heavy atom. The lowest BCUT2D eigenvalue weighted by Crippen LogP contribution is -2.58. The number of hydrogen-bond acceptors (Lipinski definition) is 3. The van der Waals surface area contributed by atoms with Crippen molar-refractivity contribution in [2.24, 2.45) is 17.3 Å². The number of carbonyl (C=O) groups excluding carboxylic acids is 1. The highest BCUT2D eigenvalue weighted by Gasteiger charge is 2.60. The van der Waals surface area contributed by atoms with E-state index in [0.717, 1.165) is 36.8 Å². The fourth-order valence-corrected chi connectivity index (χ4v) is 5.52. The van der Waals surface area contributed by atoms with Crippen molar-refractivity contribution in [1.29, 1.82) is 0 Å². The quantitative estimate of drug-likeness (QED) is 0.871. The van der Waals surface area contributed by atoms with Crippen LogP contribution in [-0.2, 0) is 16.1 Å². The summed E-state index contributed by atoms with van der Waals surface area (Å²) in [4.78, 5) is 12.8. The minimum Gasteiger partial charge on any atom is -0.460 e. The van der Waals surface area contributed by atoms with Crippen LogP contribution in [0.5, 0.6) is 0 Å². The monoisotopic (exact) mass is 300 g/mol. The topological polar surface area (TPSA) is 46.5 Å². The molecule has 118 valence electrons. The summed E-state index contributed by atoms with van der Waals surface area (Å²) in [5, 5.41) is 10.7. The van der Waals surface area contributed by atoms with E-state index in [9.17, 15) is 9.90 Å². The van der Waals surface area contributed by atoms with Crippen LogP contribution < -0.4 is 0 Å². The summed E-state index contributed by atoms with van der Waals surface area (Å²) in [6, 6.07) is 8.02. The second kappa shape index (κ2) is 4.82. The van der Waals surface area contributed by atoms with Crippen LogP contribution >= 0.6 is 0 Å².